The third kappa shape index (κ3) is 4.51. The van der Waals surface area contributed by atoms with Crippen LogP contribution >= 0.6 is 23.8 Å². The number of methoxy groups -OCH3 is 1. The molecule has 2 atom stereocenters. The summed E-state index contributed by atoms with van der Waals surface area (Å²) in [6.07, 6.45) is -0.716. The number of amides is 1. The molecule has 28 heavy (non-hydrogen) atoms. The average molecular weight is 427 g/mol. The molecule has 0 bridgehead atoms. The molecule has 0 aliphatic carbocycles. The van der Waals surface area contributed by atoms with Gasteiger partial charge in [-0.15, -0.1) is 0 Å². The van der Waals surface area contributed by atoms with E-state index in [0.717, 1.165) is 17.7 Å². The van der Waals surface area contributed by atoms with Gasteiger partial charge in [-0.2, -0.15) is 0 Å². The number of benzene rings is 2. The van der Waals surface area contributed by atoms with E-state index >= 15 is 0 Å². The number of ether oxygens (including phenoxy) is 2. The van der Waals surface area contributed by atoms with Gasteiger partial charge in [-0.25, -0.2) is 13.6 Å². The number of hydrogen-bond donors (Lipinski definition) is 2. The lowest BCUT2D eigenvalue weighted by Gasteiger charge is -2.20. The number of halogens is 3. The van der Waals surface area contributed by atoms with Gasteiger partial charge >= 0.3 is 6.09 Å². The fourth-order valence-corrected chi connectivity index (χ4v) is 3.39. The first kappa shape index (κ1) is 20.3. The molecule has 0 radical (unpaired) electrons. The van der Waals surface area contributed by atoms with Crippen LogP contribution in [0.25, 0.3) is 0 Å². The maximum Gasteiger partial charge on any atom is 0.408 e. The summed E-state index contributed by atoms with van der Waals surface area (Å²) >= 11 is 10.8. The first-order valence-corrected chi connectivity index (χ1v) is 9.16. The number of thiocarbonyl (C=S) groups is 1. The summed E-state index contributed by atoms with van der Waals surface area (Å²) in [7, 11) is 1.56. The largest absolute Gasteiger partial charge is 0.497 e. The number of hydrogen-bond acceptors (Lipinski definition) is 4. The Balaban J connectivity index is 1.66. The van der Waals surface area contributed by atoms with E-state index in [-0.39, 0.29) is 23.7 Å². The van der Waals surface area contributed by atoms with E-state index < -0.39 is 29.7 Å². The molecule has 2 N–H and O–H groups in total. The van der Waals surface area contributed by atoms with Crippen LogP contribution in [-0.2, 0) is 11.3 Å². The normalized spacial score (nSPS) is 18.5. The van der Waals surface area contributed by atoms with Gasteiger partial charge in [-0.1, -0.05) is 36.0 Å². The third-order valence-corrected chi connectivity index (χ3v) is 5.11. The molecule has 1 saturated heterocycles. The number of alkyl carbamates (subject to hydrolysis) is 1. The topological polar surface area (TPSA) is 59.6 Å². The molecule has 5 nitrogen and oxygen atoms in total. The summed E-state index contributed by atoms with van der Waals surface area (Å²) in [5.74, 6) is -1.30. The maximum absolute atomic E-state index is 14.3. The minimum atomic E-state index is -0.739. The van der Waals surface area contributed by atoms with Crippen LogP contribution in [0.2, 0.25) is 5.02 Å². The number of rotatable bonds is 5. The van der Waals surface area contributed by atoms with Crippen LogP contribution in [0.4, 0.5) is 13.6 Å². The Morgan fingerprint density at radius 1 is 1.29 bits per heavy atom. The molecule has 1 fully saturated rings. The zero-order chi connectivity index (χ0) is 20.3. The first-order chi connectivity index (χ1) is 13.4. The van der Waals surface area contributed by atoms with Gasteiger partial charge in [0.05, 0.1) is 23.2 Å². The lowest BCUT2D eigenvalue weighted by Crippen LogP contribution is -2.42. The maximum atomic E-state index is 14.3. The summed E-state index contributed by atoms with van der Waals surface area (Å²) in [6.45, 7) is 0.289. The van der Waals surface area contributed by atoms with Gasteiger partial charge in [-0.05, 0) is 35.4 Å². The molecule has 3 rings (SSSR count). The van der Waals surface area contributed by atoms with Crippen LogP contribution in [0.3, 0.4) is 0 Å². The molecule has 0 unspecified atom stereocenters. The fourth-order valence-electron chi connectivity index (χ4n) is 2.94. The second-order valence-electron chi connectivity index (χ2n) is 6.19. The minimum absolute atomic E-state index is 0.0390. The van der Waals surface area contributed by atoms with Crippen molar-refractivity contribution in [1.29, 1.82) is 0 Å². The lowest BCUT2D eigenvalue weighted by atomic mass is 9.93. The van der Waals surface area contributed by atoms with Crippen LogP contribution in [0.1, 0.15) is 17.0 Å². The highest BCUT2D eigenvalue weighted by Crippen LogP contribution is 2.30. The van der Waals surface area contributed by atoms with E-state index in [1.54, 1.807) is 31.4 Å². The van der Waals surface area contributed by atoms with Crippen molar-refractivity contribution in [3.8, 4) is 5.75 Å². The Hall–Kier alpha value is -2.45. The standard InChI is InChI=1S/C19H17ClF2N2O3S/c1-26-11-4-2-10(3-5-11)9-27-19(25)24-17-13(8-23-18(17)28)12-6-16(22)14(20)7-15(12)21/h2-7,13,17H,8-9H2,1H3,(H,23,28)(H,24,25)/t13-,17-/m0/s1. The van der Waals surface area contributed by atoms with E-state index in [1.807, 2.05) is 0 Å². The molecule has 2 aromatic rings. The second kappa shape index (κ2) is 8.70. The van der Waals surface area contributed by atoms with E-state index in [9.17, 15) is 13.6 Å². The van der Waals surface area contributed by atoms with Gasteiger partial charge in [0.15, 0.2) is 0 Å². The molecule has 0 aromatic heterocycles. The van der Waals surface area contributed by atoms with Gasteiger partial charge in [-0.3, -0.25) is 0 Å². The summed E-state index contributed by atoms with van der Waals surface area (Å²) in [5, 5.41) is 5.21. The fraction of sp³-hybridized carbons (Fsp3) is 0.263. The van der Waals surface area contributed by atoms with Gasteiger partial charge in [0, 0.05) is 12.5 Å². The van der Waals surface area contributed by atoms with E-state index in [4.69, 9.17) is 33.3 Å². The van der Waals surface area contributed by atoms with Crippen LogP contribution in [-0.4, -0.2) is 30.8 Å². The van der Waals surface area contributed by atoms with Crippen molar-refractivity contribution in [3.05, 3.63) is 64.2 Å². The summed E-state index contributed by atoms with van der Waals surface area (Å²) in [5.41, 5.74) is 0.847. The molecular weight excluding hydrogens is 410 g/mol. The third-order valence-electron chi connectivity index (χ3n) is 4.42. The monoisotopic (exact) mass is 426 g/mol. The zero-order valence-corrected chi connectivity index (χ0v) is 16.4. The summed E-state index contributed by atoms with van der Waals surface area (Å²) < 4.78 is 38.3. The molecule has 1 aliphatic heterocycles. The van der Waals surface area contributed by atoms with Crippen molar-refractivity contribution in [2.45, 2.75) is 18.6 Å². The predicted octanol–water partition coefficient (Wildman–Crippen LogP) is 3.94. The smallest absolute Gasteiger partial charge is 0.408 e. The van der Waals surface area contributed by atoms with Crippen molar-refractivity contribution < 1.29 is 23.0 Å². The van der Waals surface area contributed by atoms with E-state index in [2.05, 4.69) is 10.6 Å². The molecule has 1 amide bonds. The Morgan fingerprint density at radius 3 is 2.68 bits per heavy atom. The Kier molecular flexibility index (Phi) is 6.31. The molecule has 0 spiro atoms. The molecular formula is C19H17ClF2N2O3S. The highest BCUT2D eigenvalue weighted by atomic mass is 35.5. The Labute approximate surface area is 171 Å². The van der Waals surface area contributed by atoms with Gasteiger partial charge in [0.25, 0.3) is 0 Å². The van der Waals surface area contributed by atoms with Gasteiger partial charge in [0.2, 0.25) is 0 Å². The minimum Gasteiger partial charge on any atom is -0.497 e. The first-order valence-electron chi connectivity index (χ1n) is 8.37. The quantitative estimate of drug-likeness (QED) is 0.560. The lowest BCUT2D eigenvalue weighted by molar-refractivity contribution is 0.137. The van der Waals surface area contributed by atoms with Gasteiger partial charge in [0.1, 0.15) is 24.0 Å². The second-order valence-corrected chi connectivity index (χ2v) is 7.03. The van der Waals surface area contributed by atoms with Crippen LogP contribution in [0.15, 0.2) is 36.4 Å². The molecule has 148 valence electrons. The van der Waals surface area contributed by atoms with Crippen LogP contribution in [0, 0.1) is 11.6 Å². The molecule has 1 heterocycles. The number of carbonyl (C=O) groups is 1. The molecule has 0 saturated carbocycles. The van der Waals surface area contributed by atoms with Crippen molar-refractivity contribution >= 4 is 34.9 Å². The number of carbonyl (C=O) groups excluding carboxylic acids is 1. The zero-order valence-electron chi connectivity index (χ0n) is 14.8. The van der Waals surface area contributed by atoms with Crippen molar-refractivity contribution in [1.82, 2.24) is 10.6 Å². The van der Waals surface area contributed by atoms with E-state index in [0.29, 0.717) is 10.7 Å². The molecule has 1 aliphatic rings. The molecule has 2 aromatic carbocycles. The summed E-state index contributed by atoms with van der Waals surface area (Å²) in [6, 6.07) is 8.24. The predicted molar refractivity (Wildman–Crippen MR) is 105 cm³/mol. The highest BCUT2D eigenvalue weighted by molar-refractivity contribution is 7.80. The van der Waals surface area contributed by atoms with Crippen molar-refractivity contribution in [2.24, 2.45) is 0 Å². The summed E-state index contributed by atoms with van der Waals surface area (Å²) in [4.78, 5) is 12.5. The van der Waals surface area contributed by atoms with Crippen molar-refractivity contribution in [2.75, 3.05) is 13.7 Å². The van der Waals surface area contributed by atoms with Gasteiger partial charge < -0.3 is 20.1 Å². The molecule has 9 heteroatoms. The Bertz CT molecular complexity index is 895. The van der Waals surface area contributed by atoms with Crippen molar-refractivity contribution in [3.63, 3.8) is 0 Å². The highest BCUT2D eigenvalue weighted by Gasteiger charge is 2.36. The SMILES string of the molecule is COc1ccc(COC(=O)N[C@@H]2C(=S)NC[C@H]2c2cc(F)c(Cl)cc2F)cc1. The number of nitrogens with one attached hydrogen (secondary N) is 2. The van der Waals surface area contributed by atoms with E-state index in [1.165, 1.54) is 0 Å². The average Bonchev–Trinajstić information content (AvgIpc) is 3.03. The van der Waals surface area contributed by atoms with Crippen LogP contribution < -0.4 is 15.4 Å². The van der Waals surface area contributed by atoms with Crippen LogP contribution in [0.5, 0.6) is 5.75 Å². The Morgan fingerprint density at radius 2 is 2.00 bits per heavy atom.